The molecule has 0 bridgehead atoms. The third kappa shape index (κ3) is 36.2. The molecule has 60 valence electrons. The number of hydrogen-bond donors (Lipinski definition) is 0. The first kappa shape index (κ1) is 17.8. The molecule has 0 aromatic rings. The molecule has 0 aliphatic rings. The van der Waals surface area contributed by atoms with Gasteiger partial charge >= 0.3 is 27.3 Å². The van der Waals surface area contributed by atoms with Crippen LogP contribution in [0.3, 0.4) is 0 Å². The van der Waals surface area contributed by atoms with Gasteiger partial charge in [0.1, 0.15) is 0 Å². The third-order valence-electron chi connectivity index (χ3n) is 0.218. The minimum absolute atomic E-state index is 0. The van der Waals surface area contributed by atoms with Gasteiger partial charge < -0.3 is 19.8 Å². The molecule has 7 heteroatoms. The Morgan fingerprint density at radius 3 is 1.09 bits per heavy atom. The number of rotatable bonds is 2. The number of carboxylic acid groups (broad SMARTS) is 2. The molecule has 11 heavy (non-hydrogen) atoms. The van der Waals surface area contributed by atoms with Gasteiger partial charge in [0.2, 0.25) is 0 Å². The summed E-state index contributed by atoms with van der Waals surface area (Å²) in [7, 11) is 0. The summed E-state index contributed by atoms with van der Waals surface area (Å²) in [6.45, 7) is 0. The Balaban J connectivity index is -0.000000107. The van der Waals surface area contributed by atoms with Crippen molar-refractivity contribution in [3.8, 4) is 0 Å². The van der Waals surface area contributed by atoms with Gasteiger partial charge in [0.25, 0.3) is 0 Å². The maximum absolute atomic E-state index is 9.21. The molecular weight excluding hydrogens is 384 g/mol. The van der Waals surface area contributed by atoms with E-state index < -0.39 is 11.9 Å². The van der Waals surface area contributed by atoms with Gasteiger partial charge in [0, 0.05) is 10.7 Å². The molecule has 0 radical (unpaired) electrons. The van der Waals surface area contributed by atoms with E-state index in [2.05, 4.69) is 31.9 Å². The molecule has 0 atom stereocenters. The van der Waals surface area contributed by atoms with E-state index in [4.69, 9.17) is 0 Å². The molecule has 0 fully saturated rings. The SMILES string of the molecule is O=C([O-])CBr.O=C([O-])CBr.[Cd+2]. The fraction of sp³-hybridized carbons (Fsp3) is 0.500. The van der Waals surface area contributed by atoms with Crippen LogP contribution in [0.5, 0.6) is 0 Å². The summed E-state index contributed by atoms with van der Waals surface area (Å²) in [5.74, 6) is -2.16. The number of halogens is 2. The Labute approximate surface area is 101 Å². The van der Waals surface area contributed by atoms with Crippen molar-refractivity contribution in [1.82, 2.24) is 0 Å². The van der Waals surface area contributed by atoms with Crippen LogP contribution in [0.1, 0.15) is 0 Å². The van der Waals surface area contributed by atoms with E-state index in [0.29, 0.717) is 0 Å². The second kappa shape index (κ2) is 13.4. The first-order valence-electron chi connectivity index (χ1n) is 2.06. The van der Waals surface area contributed by atoms with E-state index in [1.54, 1.807) is 0 Å². The van der Waals surface area contributed by atoms with Crippen molar-refractivity contribution in [3.05, 3.63) is 0 Å². The molecule has 0 aliphatic carbocycles. The van der Waals surface area contributed by atoms with E-state index in [-0.39, 0.29) is 38.0 Å². The molecule has 0 saturated carbocycles. The fourth-order valence-corrected chi connectivity index (χ4v) is 0. The first-order valence-corrected chi connectivity index (χ1v) is 4.30. The van der Waals surface area contributed by atoms with Crippen LogP contribution >= 0.6 is 31.9 Å². The van der Waals surface area contributed by atoms with Crippen molar-refractivity contribution < 1.29 is 47.1 Å². The predicted octanol–water partition coefficient (Wildman–Crippen LogP) is -1.74. The fourth-order valence-electron chi connectivity index (χ4n) is 0. The van der Waals surface area contributed by atoms with Gasteiger partial charge in [-0.2, -0.15) is 0 Å². The van der Waals surface area contributed by atoms with E-state index >= 15 is 0 Å². The number of hydrogen-bond acceptors (Lipinski definition) is 4. The Morgan fingerprint density at radius 1 is 1.00 bits per heavy atom. The molecule has 0 aromatic heterocycles. The molecule has 0 rings (SSSR count). The maximum atomic E-state index is 9.21. The van der Waals surface area contributed by atoms with E-state index in [0.717, 1.165) is 0 Å². The topological polar surface area (TPSA) is 80.3 Å². The van der Waals surface area contributed by atoms with Crippen molar-refractivity contribution in [2.75, 3.05) is 10.7 Å². The summed E-state index contributed by atoms with van der Waals surface area (Å²) in [5, 5.41) is 18.3. The molecule has 0 spiro atoms. The van der Waals surface area contributed by atoms with Gasteiger partial charge in [-0.15, -0.1) is 0 Å². The van der Waals surface area contributed by atoms with Crippen molar-refractivity contribution in [2.24, 2.45) is 0 Å². The number of carbonyl (C=O) groups is 2. The molecular formula is C4H4Br2CdO4. The zero-order valence-corrected chi connectivity index (χ0v) is 12.7. The zero-order valence-electron chi connectivity index (χ0n) is 5.51. The van der Waals surface area contributed by atoms with Gasteiger partial charge in [-0.1, -0.05) is 31.9 Å². The molecule has 0 amide bonds. The molecule has 0 unspecified atom stereocenters. The van der Waals surface area contributed by atoms with Crippen LogP contribution in [0.15, 0.2) is 0 Å². The normalized spacial score (nSPS) is 6.73. The Bertz CT molecular complexity index is 105. The van der Waals surface area contributed by atoms with Crippen LogP contribution in [-0.2, 0) is 36.9 Å². The molecule has 0 N–H and O–H groups in total. The van der Waals surface area contributed by atoms with Crippen molar-refractivity contribution in [2.45, 2.75) is 0 Å². The largest absolute Gasteiger partial charge is 2.00 e. The van der Waals surface area contributed by atoms with Crippen LogP contribution in [0.25, 0.3) is 0 Å². The second-order valence-electron chi connectivity index (χ2n) is 1.01. The zero-order chi connectivity index (χ0) is 8.57. The van der Waals surface area contributed by atoms with Gasteiger partial charge in [-0.25, -0.2) is 0 Å². The summed E-state index contributed by atoms with van der Waals surface area (Å²) >= 11 is 5.30. The summed E-state index contributed by atoms with van der Waals surface area (Å²) in [6, 6.07) is 0. The maximum Gasteiger partial charge on any atom is 2.00 e. The standard InChI is InChI=1S/2C2H3BrO2.Cd/c2*3-1-2(4)5;/h2*1H2,(H,4,5);/q;;+2/p-2. The average Bonchev–Trinajstić information content (AvgIpc) is 1.89. The molecule has 0 heterocycles. The van der Waals surface area contributed by atoms with Crippen LogP contribution in [0.4, 0.5) is 0 Å². The van der Waals surface area contributed by atoms with Gasteiger partial charge in [-0.05, 0) is 0 Å². The molecule has 4 nitrogen and oxygen atoms in total. The second-order valence-corrected chi connectivity index (χ2v) is 2.13. The first-order chi connectivity index (χ1) is 4.54. The quantitative estimate of drug-likeness (QED) is 0.416. The van der Waals surface area contributed by atoms with E-state index in [1.807, 2.05) is 0 Å². The Morgan fingerprint density at radius 2 is 1.09 bits per heavy atom. The van der Waals surface area contributed by atoms with Crippen molar-refractivity contribution >= 4 is 43.8 Å². The van der Waals surface area contributed by atoms with Crippen LogP contribution in [0, 0.1) is 0 Å². The van der Waals surface area contributed by atoms with Gasteiger partial charge in [0.05, 0.1) is 11.9 Å². The molecule has 0 aromatic carbocycles. The van der Waals surface area contributed by atoms with E-state index in [1.165, 1.54) is 0 Å². The Hall–Kier alpha value is 0.822. The van der Waals surface area contributed by atoms with Gasteiger partial charge in [0.15, 0.2) is 0 Å². The Kier molecular flexibility index (Phi) is 21.7. The van der Waals surface area contributed by atoms with E-state index in [9.17, 15) is 19.8 Å². The minimum atomic E-state index is -1.08. The number of alkyl halides is 2. The third-order valence-corrected chi connectivity index (χ3v) is 1.13. The smallest absolute Gasteiger partial charge is 0.549 e. The monoisotopic (exact) mass is 388 g/mol. The summed E-state index contributed by atoms with van der Waals surface area (Å²) in [6.07, 6.45) is 0. The number of aliphatic carboxylic acids is 2. The van der Waals surface area contributed by atoms with Crippen molar-refractivity contribution in [3.63, 3.8) is 0 Å². The molecule has 0 aliphatic heterocycles. The average molecular weight is 388 g/mol. The molecule has 0 saturated heterocycles. The van der Waals surface area contributed by atoms with Crippen LogP contribution < -0.4 is 10.2 Å². The number of carboxylic acids is 2. The number of carbonyl (C=O) groups excluding carboxylic acids is 2. The van der Waals surface area contributed by atoms with Crippen LogP contribution in [-0.4, -0.2) is 22.6 Å². The summed E-state index contributed by atoms with van der Waals surface area (Å²) in [4.78, 5) is 18.4. The van der Waals surface area contributed by atoms with Crippen molar-refractivity contribution in [1.29, 1.82) is 0 Å². The van der Waals surface area contributed by atoms with Gasteiger partial charge in [-0.3, -0.25) is 0 Å². The van der Waals surface area contributed by atoms with Crippen LogP contribution in [0.2, 0.25) is 0 Å². The summed E-state index contributed by atoms with van der Waals surface area (Å²) in [5.41, 5.74) is 0. The summed E-state index contributed by atoms with van der Waals surface area (Å²) < 4.78 is 0. The predicted molar refractivity (Wildman–Crippen MR) is 37.6 cm³/mol. The minimum Gasteiger partial charge on any atom is -0.549 e.